The molecule has 5 atom stereocenters. The highest BCUT2D eigenvalue weighted by Gasteiger charge is 2.40. The number of amides is 1. The lowest BCUT2D eigenvalue weighted by molar-refractivity contribution is -0.276. The second-order valence-corrected chi connectivity index (χ2v) is 12.0. The van der Waals surface area contributed by atoms with E-state index < -0.39 is 12.3 Å². The monoisotopic (exact) mass is 579 g/mol. The van der Waals surface area contributed by atoms with E-state index in [1.54, 1.807) is 0 Å². The first-order valence-electron chi connectivity index (χ1n) is 15.5. The quantitative estimate of drug-likeness (QED) is 0.331. The number of hydrogen-bond donors (Lipinski definition) is 3. The van der Waals surface area contributed by atoms with Gasteiger partial charge in [0, 0.05) is 49.1 Å². The summed E-state index contributed by atoms with van der Waals surface area (Å²) in [5, 5.41) is 21.2. The number of carbonyl (C=O) groups is 2. The zero-order valence-corrected chi connectivity index (χ0v) is 24.6. The van der Waals surface area contributed by atoms with Gasteiger partial charge in [0.25, 0.3) is 0 Å². The van der Waals surface area contributed by atoms with E-state index in [4.69, 9.17) is 14.6 Å². The Morgan fingerprint density at radius 2 is 1.62 bits per heavy atom. The number of aliphatic carboxylic acids is 1. The van der Waals surface area contributed by atoms with Crippen LogP contribution in [0.3, 0.4) is 0 Å². The van der Waals surface area contributed by atoms with Crippen LogP contribution in [0.15, 0.2) is 48.5 Å². The summed E-state index contributed by atoms with van der Waals surface area (Å²) in [6.45, 7) is 7.72. The molecule has 228 valence electrons. The van der Waals surface area contributed by atoms with E-state index in [1.165, 1.54) is 38.8 Å². The minimum Gasteiger partial charge on any atom is -0.481 e. The molecule has 0 aromatic heterocycles. The van der Waals surface area contributed by atoms with Gasteiger partial charge >= 0.3 is 5.97 Å². The Hall–Kier alpha value is -2.82. The molecule has 2 aromatic rings. The van der Waals surface area contributed by atoms with Gasteiger partial charge in [-0.3, -0.25) is 14.5 Å². The molecule has 0 unspecified atom stereocenters. The van der Waals surface area contributed by atoms with Crippen molar-refractivity contribution < 1.29 is 29.3 Å². The minimum absolute atomic E-state index is 0.00549. The molecule has 0 saturated carbocycles. The van der Waals surface area contributed by atoms with Crippen LogP contribution in [0.5, 0.6) is 0 Å². The lowest BCUT2D eigenvalue weighted by atomic mass is 9.90. The van der Waals surface area contributed by atoms with Crippen LogP contribution >= 0.6 is 0 Å². The Labute approximate surface area is 248 Å². The lowest BCUT2D eigenvalue weighted by Crippen LogP contribution is -2.48. The first-order chi connectivity index (χ1) is 20.4. The second-order valence-electron chi connectivity index (χ2n) is 12.0. The molecule has 0 bridgehead atoms. The van der Waals surface area contributed by atoms with Crippen LogP contribution in [0, 0.1) is 5.92 Å². The summed E-state index contributed by atoms with van der Waals surface area (Å²) in [7, 11) is 0. The van der Waals surface area contributed by atoms with Gasteiger partial charge in [0.05, 0.1) is 18.8 Å². The van der Waals surface area contributed by atoms with Gasteiger partial charge in [0.2, 0.25) is 5.91 Å². The van der Waals surface area contributed by atoms with Crippen molar-refractivity contribution in [2.75, 3.05) is 38.0 Å². The predicted molar refractivity (Wildman–Crippen MR) is 160 cm³/mol. The number of carboxylic acids is 1. The number of hydrogen-bond acceptors (Lipinski definition) is 7. The average Bonchev–Trinajstić information content (AvgIpc) is 3.67. The van der Waals surface area contributed by atoms with E-state index in [1.807, 2.05) is 48.5 Å². The van der Waals surface area contributed by atoms with Crippen molar-refractivity contribution in [1.29, 1.82) is 0 Å². The van der Waals surface area contributed by atoms with Gasteiger partial charge in [-0.15, -0.1) is 0 Å². The normalized spacial score (nSPS) is 26.9. The molecule has 2 aromatic carbocycles. The molecule has 42 heavy (non-hydrogen) atoms. The van der Waals surface area contributed by atoms with Crippen LogP contribution in [-0.4, -0.2) is 76.8 Å². The summed E-state index contributed by atoms with van der Waals surface area (Å²) in [5.41, 5.74) is 3.47. The molecule has 3 aliphatic heterocycles. The highest BCUT2D eigenvalue weighted by molar-refractivity contribution is 5.90. The van der Waals surface area contributed by atoms with Crippen molar-refractivity contribution in [3.8, 4) is 0 Å². The van der Waals surface area contributed by atoms with Gasteiger partial charge in [0.1, 0.15) is 0 Å². The van der Waals surface area contributed by atoms with E-state index in [0.717, 1.165) is 36.3 Å². The third-order valence-electron chi connectivity index (χ3n) is 8.97. The lowest BCUT2D eigenvalue weighted by Gasteiger charge is -2.43. The topological polar surface area (TPSA) is 112 Å². The van der Waals surface area contributed by atoms with E-state index in [2.05, 4.69) is 22.0 Å². The number of anilines is 1. The fourth-order valence-electron chi connectivity index (χ4n) is 6.51. The van der Waals surface area contributed by atoms with Gasteiger partial charge in [0.15, 0.2) is 6.29 Å². The maximum Gasteiger partial charge on any atom is 0.303 e. The second kappa shape index (κ2) is 14.6. The Morgan fingerprint density at radius 1 is 0.905 bits per heavy atom. The molecular weight excluding hydrogens is 534 g/mol. The largest absolute Gasteiger partial charge is 0.481 e. The predicted octanol–water partition coefficient (Wildman–Crippen LogP) is 4.72. The number of aliphatic hydroxyl groups excluding tert-OH is 1. The number of likely N-dealkylation sites (tertiary alicyclic amines) is 2. The van der Waals surface area contributed by atoms with Gasteiger partial charge in [-0.1, -0.05) is 43.3 Å². The summed E-state index contributed by atoms with van der Waals surface area (Å²) >= 11 is 0. The zero-order valence-electron chi connectivity index (χ0n) is 24.6. The molecule has 5 rings (SSSR count). The molecule has 0 spiro atoms. The molecule has 0 aliphatic carbocycles. The fourth-order valence-corrected chi connectivity index (χ4v) is 6.51. The van der Waals surface area contributed by atoms with Crippen LogP contribution in [0.25, 0.3) is 0 Å². The third-order valence-corrected chi connectivity index (χ3v) is 8.97. The highest BCUT2D eigenvalue weighted by atomic mass is 16.7. The van der Waals surface area contributed by atoms with Crippen molar-refractivity contribution in [3.05, 3.63) is 65.2 Å². The molecule has 3 heterocycles. The van der Waals surface area contributed by atoms with Crippen molar-refractivity contribution >= 4 is 17.6 Å². The zero-order chi connectivity index (χ0) is 29.5. The number of ether oxygens (including phenoxy) is 2. The van der Waals surface area contributed by atoms with Crippen LogP contribution in [0.1, 0.15) is 81.0 Å². The molecule has 3 saturated heterocycles. The maximum absolute atomic E-state index is 12.2. The Balaban J connectivity index is 1.29. The molecule has 9 nitrogen and oxygen atoms in total. The summed E-state index contributed by atoms with van der Waals surface area (Å²) in [5.74, 6) is -0.982. The van der Waals surface area contributed by atoms with Crippen LogP contribution in [0.4, 0.5) is 5.69 Å². The SMILES string of the molecule is C[C@@H]1[C@H](CN2CCC[C@H]2CN2CCCC2)O[C@H](c2ccc(NC(=O)CCCC(=O)O)cc2)O[C@@H]1c1ccc(CO)cc1. The number of carbonyl (C=O) groups excluding carboxylic acids is 1. The summed E-state index contributed by atoms with van der Waals surface area (Å²) < 4.78 is 13.3. The number of aliphatic hydroxyl groups is 1. The standard InChI is InChI=1S/C33H45N3O6/c1-23-29(21-36-19-5-6-28(36)20-35-17-2-3-18-35)41-33(42-32(23)25-11-9-24(22-37)10-12-25)26-13-15-27(16-14-26)34-30(38)7-4-8-31(39)40/h9-16,23,28-29,32-33,37H,2-8,17-22H2,1H3,(H,34,38)(H,39,40)/t23-,28+,29+,32+,33+/m1/s1. The van der Waals surface area contributed by atoms with Crippen molar-refractivity contribution in [1.82, 2.24) is 9.80 Å². The Morgan fingerprint density at radius 3 is 2.31 bits per heavy atom. The Bertz CT molecular complexity index is 1170. The smallest absolute Gasteiger partial charge is 0.303 e. The molecular formula is C33H45N3O6. The third kappa shape index (κ3) is 7.96. The Kier molecular flexibility index (Phi) is 10.6. The van der Waals surface area contributed by atoms with Gasteiger partial charge in [-0.05, 0) is 75.0 Å². The van der Waals surface area contributed by atoms with E-state index in [0.29, 0.717) is 18.2 Å². The summed E-state index contributed by atoms with van der Waals surface area (Å²) in [4.78, 5) is 28.2. The van der Waals surface area contributed by atoms with Gasteiger partial charge < -0.3 is 29.9 Å². The summed E-state index contributed by atoms with van der Waals surface area (Å²) in [6.07, 6.45) is 4.73. The number of nitrogens with one attached hydrogen (secondary N) is 1. The summed E-state index contributed by atoms with van der Waals surface area (Å²) in [6, 6.07) is 16.1. The van der Waals surface area contributed by atoms with E-state index >= 15 is 0 Å². The first kappa shape index (κ1) is 30.6. The number of nitrogens with zero attached hydrogens (tertiary/aromatic N) is 2. The molecule has 9 heteroatoms. The molecule has 0 radical (unpaired) electrons. The first-order valence-corrected chi connectivity index (χ1v) is 15.5. The van der Waals surface area contributed by atoms with E-state index in [-0.39, 0.29) is 43.5 Å². The molecule has 1 amide bonds. The maximum atomic E-state index is 12.2. The van der Waals surface area contributed by atoms with Crippen molar-refractivity contribution in [2.24, 2.45) is 5.92 Å². The molecule has 3 fully saturated rings. The van der Waals surface area contributed by atoms with Crippen LogP contribution < -0.4 is 5.32 Å². The van der Waals surface area contributed by atoms with Gasteiger partial charge in [-0.2, -0.15) is 0 Å². The molecule has 3 N–H and O–H groups in total. The highest BCUT2D eigenvalue weighted by Crippen LogP contribution is 2.42. The number of carboxylic acid groups (broad SMARTS) is 1. The average molecular weight is 580 g/mol. The van der Waals surface area contributed by atoms with Gasteiger partial charge in [-0.25, -0.2) is 0 Å². The van der Waals surface area contributed by atoms with Crippen molar-refractivity contribution in [3.63, 3.8) is 0 Å². The van der Waals surface area contributed by atoms with Crippen LogP contribution in [-0.2, 0) is 25.7 Å². The minimum atomic E-state index is -0.901. The van der Waals surface area contributed by atoms with Crippen LogP contribution in [0.2, 0.25) is 0 Å². The molecule has 3 aliphatic rings. The van der Waals surface area contributed by atoms with E-state index in [9.17, 15) is 14.7 Å². The number of benzene rings is 2. The van der Waals surface area contributed by atoms with Crippen molar-refractivity contribution in [2.45, 2.75) is 83.0 Å². The number of rotatable bonds is 12. The fraction of sp³-hybridized carbons (Fsp3) is 0.576.